The van der Waals surface area contributed by atoms with Gasteiger partial charge in [0.25, 0.3) is 5.91 Å². The molecule has 3 heterocycles. The lowest BCUT2D eigenvalue weighted by molar-refractivity contribution is 0.0941. The van der Waals surface area contributed by atoms with Crippen LogP contribution in [0, 0.1) is 0 Å². The van der Waals surface area contributed by atoms with E-state index in [1.54, 1.807) is 18.5 Å². The summed E-state index contributed by atoms with van der Waals surface area (Å²) >= 11 is 3.38. The molecule has 1 fully saturated rings. The molecule has 146 valence electrons. The zero-order chi connectivity index (χ0) is 19.9. The van der Waals surface area contributed by atoms with Crippen molar-refractivity contribution in [2.75, 3.05) is 16.6 Å². The van der Waals surface area contributed by atoms with E-state index in [0.717, 1.165) is 15.4 Å². The Labute approximate surface area is 171 Å². The summed E-state index contributed by atoms with van der Waals surface area (Å²) in [5, 5.41) is 3.71. The summed E-state index contributed by atoms with van der Waals surface area (Å²) in [6.45, 7) is 2.36. The van der Waals surface area contributed by atoms with Crippen molar-refractivity contribution in [3.8, 4) is 0 Å². The molecule has 4 rings (SSSR count). The normalized spacial score (nSPS) is 17.0. The fraction of sp³-hybridized carbons (Fsp3) is 0.263. The van der Waals surface area contributed by atoms with Gasteiger partial charge in [-0.05, 0) is 53.0 Å². The zero-order valence-electron chi connectivity index (χ0n) is 15.1. The molecule has 1 atom stereocenters. The van der Waals surface area contributed by atoms with Crippen molar-refractivity contribution in [1.82, 2.24) is 15.3 Å². The number of sulfonamides is 1. The molecule has 0 bridgehead atoms. The summed E-state index contributed by atoms with van der Waals surface area (Å²) in [5.41, 5.74) is 2.62. The molecule has 1 aromatic carbocycles. The highest BCUT2D eigenvalue weighted by molar-refractivity contribution is 9.10. The number of amides is 1. The lowest BCUT2D eigenvalue weighted by Crippen LogP contribution is -2.27. The average Bonchev–Trinajstić information content (AvgIpc) is 3.23. The number of aromatic nitrogens is 2. The number of nitrogens with zero attached hydrogens (tertiary/aromatic N) is 2. The van der Waals surface area contributed by atoms with E-state index in [-0.39, 0.29) is 17.7 Å². The Morgan fingerprint density at radius 1 is 1.36 bits per heavy atom. The first-order valence-corrected chi connectivity index (χ1v) is 11.3. The van der Waals surface area contributed by atoms with Crippen LogP contribution in [-0.2, 0) is 10.0 Å². The van der Waals surface area contributed by atoms with Gasteiger partial charge in [-0.25, -0.2) is 13.4 Å². The second-order valence-electron chi connectivity index (χ2n) is 6.78. The Bertz CT molecular complexity index is 1160. The number of halogens is 1. The maximum Gasteiger partial charge on any atom is 0.253 e. The van der Waals surface area contributed by atoms with E-state index < -0.39 is 10.0 Å². The molecule has 2 aromatic heterocycles. The van der Waals surface area contributed by atoms with Gasteiger partial charge in [0, 0.05) is 28.8 Å². The van der Waals surface area contributed by atoms with Crippen LogP contribution in [0.1, 0.15) is 35.3 Å². The zero-order valence-corrected chi connectivity index (χ0v) is 17.5. The maximum atomic E-state index is 12.8. The molecule has 2 N–H and O–H groups in total. The van der Waals surface area contributed by atoms with Gasteiger partial charge in [0.1, 0.15) is 5.65 Å². The monoisotopic (exact) mass is 462 g/mol. The third kappa shape index (κ3) is 3.51. The van der Waals surface area contributed by atoms with Crippen LogP contribution >= 0.6 is 15.9 Å². The number of aromatic amines is 1. The largest absolute Gasteiger partial charge is 0.345 e. The Balaban J connectivity index is 1.56. The van der Waals surface area contributed by atoms with Gasteiger partial charge in [0.2, 0.25) is 10.0 Å². The van der Waals surface area contributed by atoms with Crippen molar-refractivity contribution in [3.05, 3.63) is 58.3 Å². The van der Waals surface area contributed by atoms with Gasteiger partial charge in [-0.3, -0.25) is 9.10 Å². The van der Waals surface area contributed by atoms with Gasteiger partial charge in [-0.1, -0.05) is 12.1 Å². The van der Waals surface area contributed by atoms with E-state index in [2.05, 4.69) is 31.2 Å². The average molecular weight is 463 g/mol. The topological polar surface area (TPSA) is 95.2 Å². The number of pyridine rings is 1. The molecule has 1 aliphatic rings. The molecule has 0 radical (unpaired) electrons. The number of H-pyrrole nitrogens is 1. The molecule has 0 saturated carbocycles. The van der Waals surface area contributed by atoms with Crippen molar-refractivity contribution in [2.24, 2.45) is 0 Å². The first kappa shape index (κ1) is 18.9. The van der Waals surface area contributed by atoms with Crippen molar-refractivity contribution < 1.29 is 13.2 Å². The molecule has 7 nitrogen and oxygen atoms in total. The Kier molecular flexibility index (Phi) is 4.88. The molecular formula is C19H19BrN4O3S. The lowest BCUT2D eigenvalue weighted by atomic mass is 10.1. The molecular weight excluding hydrogens is 444 g/mol. The minimum Gasteiger partial charge on any atom is -0.345 e. The van der Waals surface area contributed by atoms with Crippen molar-refractivity contribution >= 4 is 48.6 Å². The summed E-state index contributed by atoms with van der Waals surface area (Å²) in [6.07, 6.45) is 3.93. The first-order valence-electron chi connectivity index (χ1n) is 8.89. The molecule has 0 spiro atoms. The van der Waals surface area contributed by atoms with E-state index in [4.69, 9.17) is 0 Å². The van der Waals surface area contributed by atoms with E-state index >= 15 is 0 Å². The van der Waals surface area contributed by atoms with Gasteiger partial charge in [0.05, 0.1) is 23.0 Å². The van der Waals surface area contributed by atoms with Gasteiger partial charge in [-0.15, -0.1) is 0 Å². The molecule has 1 unspecified atom stereocenters. The molecule has 0 aliphatic carbocycles. The second-order valence-corrected chi connectivity index (χ2v) is 9.71. The highest BCUT2D eigenvalue weighted by atomic mass is 79.9. The number of hydrogen-bond acceptors (Lipinski definition) is 4. The third-order valence-electron chi connectivity index (χ3n) is 4.85. The second kappa shape index (κ2) is 7.21. The molecule has 9 heteroatoms. The summed E-state index contributed by atoms with van der Waals surface area (Å²) < 4.78 is 26.6. The molecule has 3 aromatic rings. The van der Waals surface area contributed by atoms with Gasteiger partial charge in [0.15, 0.2) is 0 Å². The van der Waals surface area contributed by atoms with Crippen LogP contribution in [0.25, 0.3) is 11.0 Å². The Morgan fingerprint density at radius 3 is 2.93 bits per heavy atom. The molecule has 1 amide bonds. The number of carbonyl (C=O) groups is 1. The fourth-order valence-corrected chi connectivity index (χ4v) is 5.29. The maximum absolute atomic E-state index is 12.8. The predicted molar refractivity (Wildman–Crippen MR) is 112 cm³/mol. The lowest BCUT2D eigenvalue weighted by Gasteiger charge is -2.20. The van der Waals surface area contributed by atoms with E-state index in [1.165, 1.54) is 4.31 Å². The quantitative estimate of drug-likeness (QED) is 0.621. The van der Waals surface area contributed by atoms with Gasteiger partial charge < -0.3 is 10.3 Å². The van der Waals surface area contributed by atoms with E-state index in [1.807, 2.05) is 31.2 Å². The standard InChI is InChI=1S/C19H19BrN4O3S/c1-12(13-4-2-5-15(8-13)24-6-3-7-28(24,26)27)23-19(25)17-11-22-18-16(17)9-14(20)10-21-18/h2,4-5,8-12H,3,6-7H2,1H3,(H,21,22)(H,23,25). The van der Waals surface area contributed by atoms with Crippen LogP contribution in [0.3, 0.4) is 0 Å². The van der Waals surface area contributed by atoms with Crippen molar-refractivity contribution in [2.45, 2.75) is 19.4 Å². The van der Waals surface area contributed by atoms with Crippen LogP contribution in [0.4, 0.5) is 5.69 Å². The van der Waals surface area contributed by atoms with Crippen LogP contribution < -0.4 is 9.62 Å². The van der Waals surface area contributed by atoms with Gasteiger partial charge >= 0.3 is 0 Å². The van der Waals surface area contributed by atoms with Crippen LogP contribution in [0.5, 0.6) is 0 Å². The highest BCUT2D eigenvalue weighted by Crippen LogP contribution is 2.27. The summed E-state index contributed by atoms with van der Waals surface area (Å²) in [5.74, 6) is -0.0499. The number of hydrogen-bond donors (Lipinski definition) is 2. The minimum absolute atomic E-state index is 0.174. The highest BCUT2D eigenvalue weighted by Gasteiger charge is 2.28. The number of carbonyl (C=O) groups excluding carboxylic acids is 1. The van der Waals surface area contributed by atoms with Crippen LogP contribution in [0.15, 0.2) is 47.2 Å². The summed E-state index contributed by atoms with van der Waals surface area (Å²) in [4.78, 5) is 20.0. The van der Waals surface area contributed by atoms with Crippen molar-refractivity contribution in [1.29, 1.82) is 0 Å². The third-order valence-corrected chi connectivity index (χ3v) is 7.15. The number of rotatable bonds is 4. The first-order chi connectivity index (χ1) is 13.3. The number of nitrogens with one attached hydrogen (secondary N) is 2. The Morgan fingerprint density at radius 2 is 2.18 bits per heavy atom. The van der Waals surface area contributed by atoms with Gasteiger partial charge in [-0.2, -0.15) is 0 Å². The van der Waals surface area contributed by atoms with E-state index in [9.17, 15) is 13.2 Å². The van der Waals surface area contributed by atoms with Crippen LogP contribution in [0.2, 0.25) is 0 Å². The summed E-state index contributed by atoms with van der Waals surface area (Å²) in [7, 11) is -3.24. The Hall–Kier alpha value is -2.39. The minimum atomic E-state index is -3.24. The molecule has 1 aliphatic heterocycles. The molecule has 28 heavy (non-hydrogen) atoms. The molecule has 1 saturated heterocycles. The smallest absolute Gasteiger partial charge is 0.253 e. The number of fused-ring (bicyclic) bond motifs is 1. The number of anilines is 1. The van der Waals surface area contributed by atoms with Crippen molar-refractivity contribution in [3.63, 3.8) is 0 Å². The SMILES string of the molecule is CC(NC(=O)c1c[nH]c2ncc(Br)cc12)c1cccc(N2CCCS2(=O)=O)c1. The predicted octanol–water partition coefficient (Wildman–Crippen LogP) is 3.36. The fourth-order valence-electron chi connectivity index (χ4n) is 3.40. The van der Waals surface area contributed by atoms with Crippen LogP contribution in [-0.4, -0.2) is 36.6 Å². The number of benzene rings is 1. The van der Waals surface area contributed by atoms with E-state index in [0.29, 0.717) is 29.9 Å². The summed E-state index contributed by atoms with van der Waals surface area (Å²) in [6, 6.07) is 8.85.